The topological polar surface area (TPSA) is 81.2 Å². The van der Waals surface area contributed by atoms with Crippen molar-refractivity contribution < 1.29 is 9.21 Å². The first-order valence-electron chi connectivity index (χ1n) is 6.27. The summed E-state index contributed by atoms with van der Waals surface area (Å²) in [6.45, 7) is 6.24. The van der Waals surface area contributed by atoms with Crippen LogP contribution in [-0.2, 0) is 11.3 Å². The van der Waals surface area contributed by atoms with E-state index in [2.05, 4.69) is 10.3 Å². The fourth-order valence-electron chi connectivity index (χ4n) is 1.71. The minimum absolute atomic E-state index is 0.0496. The van der Waals surface area contributed by atoms with Crippen molar-refractivity contribution in [2.75, 3.05) is 6.54 Å². The van der Waals surface area contributed by atoms with E-state index in [0.717, 1.165) is 16.7 Å². The number of benzene rings is 1. The van der Waals surface area contributed by atoms with Gasteiger partial charge in [0.1, 0.15) is 5.52 Å². The smallest absolute Gasteiger partial charge is 0.227 e. The maximum absolute atomic E-state index is 11.9. The van der Waals surface area contributed by atoms with Crippen LogP contribution in [0.25, 0.3) is 11.1 Å². The maximum atomic E-state index is 11.9. The number of fused-ring (bicyclic) bond motifs is 1. The quantitative estimate of drug-likeness (QED) is 0.878. The van der Waals surface area contributed by atoms with Gasteiger partial charge in [0, 0.05) is 20.0 Å². The van der Waals surface area contributed by atoms with E-state index in [9.17, 15) is 4.79 Å². The first-order chi connectivity index (χ1) is 8.92. The minimum Gasteiger partial charge on any atom is -0.441 e. The molecule has 1 aromatic carbocycles. The molecule has 3 N–H and O–H groups in total. The molecule has 0 saturated carbocycles. The van der Waals surface area contributed by atoms with Crippen molar-refractivity contribution in [1.29, 1.82) is 0 Å². The highest BCUT2D eigenvalue weighted by atomic mass is 16.3. The van der Waals surface area contributed by atoms with Gasteiger partial charge < -0.3 is 15.5 Å². The zero-order valence-corrected chi connectivity index (χ0v) is 11.5. The molecule has 1 heterocycles. The second-order valence-corrected chi connectivity index (χ2v) is 5.31. The van der Waals surface area contributed by atoms with Gasteiger partial charge in [0.25, 0.3) is 0 Å². The Morgan fingerprint density at radius 3 is 2.89 bits per heavy atom. The number of carbonyl (C=O) groups is 1. The molecule has 0 unspecified atom stereocenters. The molecule has 5 nitrogen and oxygen atoms in total. The lowest BCUT2D eigenvalue weighted by molar-refractivity contribution is -0.129. The molecule has 2 rings (SSSR count). The number of rotatable bonds is 4. The molecule has 0 bridgehead atoms. The van der Waals surface area contributed by atoms with Gasteiger partial charge in [-0.05, 0) is 31.5 Å². The van der Waals surface area contributed by atoms with Gasteiger partial charge in [0.15, 0.2) is 11.5 Å². The van der Waals surface area contributed by atoms with E-state index < -0.39 is 5.41 Å². The zero-order chi connectivity index (χ0) is 14.0. The van der Waals surface area contributed by atoms with Crippen LogP contribution in [0.4, 0.5) is 0 Å². The summed E-state index contributed by atoms with van der Waals surface area (Å²) in [6, 6.07) is 5.70. The number of aryl methyl sites for hydroxylation is 1. The van der Waals surface area contributed by atoms with Gasteiger partial charge in [-0.25, -0.2) is 4.98 Å². The number of amides is 1. The molecule has 0 atom stereocenters. The average molecular weight is 261 g/mol. The Morgan fingerprint density at radius 1 is 1.47 bits per heavy atom. The first-order valence-corrected chi connectivity index (χ1v) is 6.27. The molecule has 0 aliphatic rings. The van der Waals surface area contributed by atoms with E-state index in [1.165, 1.54) is 0 Å². The van der Waals surface area contributed by atoms with Crippen molar-refractivity contribution in [2.45, 2.75) is 27.3 Å². The molecule has 0 radical (unpaired) electrons. The van der Waals surface area contributed by atoms with Crippen molar-refractivity contribution in [3.8, 4) is 0 Å². The van der Waals surface area contributed by atoms with Crippen molar-refractivity contribution >= 4 is 17.0 Å². The Morgan fingerprint density at radius 2 is 2.21 bits per heavy atom. The molecule has 19 heavy (non-hydrogen) atoms. The van der Waals surface area contributed by atoms with Crippen LogP contribution in [-0.4, -0.2) is 17.4 Å². The van der Waals surface area contributed by atoms with Crippen LogP contribution in [0.1, 0.15) is 25.3 Å². The molecule has 0 spiro atoms. The summed E-state index contributed by atoms with van der Waals surface area (Å²) in [7, 11) is 0. The van der Waals surface area contributed by atoms with Crippen LogP contribution in [0.5, 0.6) is 0 Å². The van der Waals surface area contributed by atoms with Crippen molar-refractivity contribution in [1.82, 2.24) is 10.3 Å². The molecule has 2 aromatic rings. The van der Waals surface area contributed by atoms with Gasteiger partial charge in [-0.15, -0.1) is 0 Å². The predicted octanol–water partition coefficient (Wildman–Crippen LogP) is 1.74. The standard InChI is InChI=1S/C14H19N3O2/c1-9-17-11-6-10(4-5-12(11)19-9)7-16-13(18)14(2,3)8-15/h4-6H,7-8,15H2,1-3H3,(H,16,18). The molecule has 1 amide bonds. The van der Waals surface area contributed by atoms with Crippen molar-refractivity contribution in [3.63, 3.8) is 0 Å². The Kier molecular flexibility index (Phi) is 3.57. The number of nitrogens with two attached hydrogens (primary N) is 1. The molecular weight excluding hydrogens is 242 g/mol. The van der Waals surface area contributed by atoms with E-state index in [1.807, 2.05) is 39.0 Å². The summed E-state index contributed by atoms with van der Waals surface area (Å²) >= 11 is 0. The number of carbonyl (C=O) groups excluding carboxylic acids is 1. The molecular formula is C14H19N3O2. The summed E-state index contributed by atoms with van der Waals surface area (Å²) in [5, 5.41) is 2.88. The van der Waals surface area contributed by atoms with Crippen molar-refractivity contribution in [3.05, 3.63) is 29.7 Å². The Hall–Kier alpha value is -1.88. The van der Waals surface area contributed by atoms with Crippen LogP contribution in [0.2, 0.25) is 0 Å². The molecule has 0 aliphatic heterocycles. The summed E-state index contributed by atoms with van der Waals surface area (Å²) in [4.78, 5) is 16.2. The predicted molar refractivity (Wildman–Crippen MR) is 73.4 cm³/mol. The fourth-order valence-corrected chi connectivity index (χ4v) is 1.71. The van der Waals surface area contributed by atoms with Crippen LogP contribution in [0, 0.1) is 12.3 Å². The Bertz CT molecular complexity index is 602. The summed E-state index contributed by atoms with van der Waals surface area (Å²) in [5.74, 6) is 0.590. The Balaban J connectivity index is 2.07. The second-order valence-electron chi connectivity index (χ2n) is 5.31. The summed E-state index contributed by atoms with van der Waals surface area (Å²) in [6.07, 6.45) is 0. The van der Waals surface area contributed by atoms with Crippen LogP contribution in [0.3, 0.4) is 0 Å². The fraction of sp³-hybridized carbons (Fsp3) is 0.429. The number of hydrogen-bond donors (Lipinski definition) is 2. The van der Waals surface area contributed by atoms with Gasteiger partial charge in [-0.3, -0.25) is 4.79 Å². The molecule has 0 fully saturated rings. The first kappa shape index (κ1) is 13.5. The molecule has 0 aliphatic carbocycles. The summed E-state index contributed by atoms with van der Waals surface area (Å²) in [5.41, 5.74) is 7.58. The minimum atomic E-state index is -0.547. The number of hydrogen-bond acceptors (Lipinski definition) is 4. The van der Waals surface area contributed by atoms with E-state index in [0.29, 0.717) is 19.0 Å². The normalized spacial score (nSPS) is 11.8. The van der Waals surface area contributed by atoms with Gasteiger partial charge in [0.05, 0.1) is 5.41 Å². The molecule has 1 aromatic heterocycles. The largest absolute Gasteiger partial charge is 0.441 e. The number of aromatic nitrogens is 1. The zero-order valence-electron chi connectivity index (χ0n) is 11.5. The lowest BCUT2D eigenvalue weighted by Crippen LogP contribution is -2.41. The highest BCUT2D eigenvalue weighted by Crippen LogP contribution is 2.17. The highest BCUT2D eigenvalue weighted by molar-refractivity contribution is 5.82. The maximum Gasteiger partial charge on any atom is 0.227 e. The highest BCUT2D eigenvalue weighted by Gasteiger charge is 2.25. The summed E-state index contributed by atoms with van der Waals surface area (Å²) < 4.78 is 5.41. The lowest BCUT2D eigenvalue weighted by atomic mass is 9.92. The van der Waals surface area contributed by atoms with E-state index >= 15 is 0 Å². The second kappa shape index (κ2) is 5.01. The van der Waals surface area contributed by atoms with Crippen LogP contribution >= 0.6 is 0 Å². The Labute approximate surface area is 112 Å². The van der Waals surface area contributed by atoms with E-state index in [-0.39, 0.29) is 5.91 Å². The van der Waals surface area contributed by atoms with Gasteiger partial charge in [-0.1, -0.05) is 6.07 Å². The number of oxazole rings is 1. The van der Waals surface area contributed by atoms with E-state index in [4.69, 9.17) is 10.2 Å². The monoisotopic (exact) mass is 261 g/mol. The third kappa shape index (κ3) is 2.93. The third-order valence-corrected chi connectivity index (χ3v) is 3.14. The van der Waals surface area contributed by atoms with Gasteiger partial charge in [-0.2, -0.15) is 0 Å². The SMILES string of the molecule is Cc1nc2cc(CNC(=O)C(C)(C)CN)ccc2o1. The van der Waals surface area contributed by atoms with Crippen LogP contribution in [0.15, 0.2) is 22.6 Å². The lowest BCUT2D eigenvalue weighted by Gasteiger charge is -2.21. The van der Waals surface area contributed by atoms with Crippen LogP contribution < -0.4 is 11.1 Å². The van der Waals surface area contributed by atoms with Gasteiger partial charge >= 0.3 is 0 Å². The third-order valence-electron chi connectivity index (χ3n) is 3.14. The van der Waals surface area contributed by atoms with Gasteiger partial charge in [0.2, 0.25) is 5.91 Å². The average Bonchev–Trinajstić information content (AvgIpc) is 2.74. The number of nitrogens with zero attached hydrogens (tertiary/aromatic N) is 1. The van der Waals surface area contributed by atoms with Crippen molar-refractivity contribution in [2.24, 2.45) is 11.1 Å². The molecule has 5 heteroatoms. The van der Waals surface area contributed by atoms with E-state index in [1.54, 1.807) is 0 Å². The number of nitrogens with one attached hydrogen (secondary N) is 1. The molecule has 102 valence electrons. The molecule has 0 saturated heterocycles.